The van der Waals surface area contributed by atoms with Crippen LogP contribution in [0.5, 0.6) is 0 Å². The number of halogens is 5. The number of thiophene rings is 1. The molecule has 0 bridgehead atoms. The van der Waals surface area contributed by atoms with Crippen LogP contribution in [-0.2, 0) is 17.3 Å². The predicted octanol–water partition coefficient (Wildman–Crippen LogP) is 7.14. The predicted molar refractivity (Wildman–Crippen MR) is 119 cm³/mol. The number of hydrogen-bond acceptors (Lipinski definition) is 4. The summed E-state index contributed by atoms with van der Waals surface area (Å²) in [7, 11) is 0. The highest BCUT2D eigenvalue weighted by atomic mass is 79.9. The minimum atomic E-state index is -4.52. The van der Waals surface area contributed by atoms with Gasteiger partial charge in [0, 0.05) is 17.4 Å². The molecule has 0 saturated carbocycles. The van der Waals surface area contributed by atoms with E-state index in [9.17, 15) is 22.8 Å². The summed E-state index contributed by atoms with van der Waals surface area (Å²) in [6.07, 6.45) is -5.32. The standard InChI is InChI=1S/C21H22BrClF3NO3S/c1-20(2,3)30-19(29)27-11-12(9-16(28)17-10-15(22)18(23)31-17)8-13-6-4-5-7-14(13)21(24,25)26/h4-7,10,12H,8-9,11H2,1-3H3,(H,27,29)/t12-/m1/s1. The molecule has 4 nitrogen and oxygen atoms in total. The second kappa shape index (κ2) is 10.4. The Morgan fingerprint density at radius 2 is 1.87 bits per heavy atom. The van der Waals surface area contributed by atoms with Gasteiger partial charge in [0.1, 0.15) is 9.94 Å². The van der Waals surface area contributed by atoms with Gasteiger partial charge in [-0.2, -0.15) is 13.2 Å². The first-order valence-electron chi connectivity index (χ1n) is 9.36. The zero-order valence-corrected chi connectivity index (χ0v) is 20.3. The maximum absolute atomic E-state index is 13.4. The van der Waals surface area contributed by atoms with Crippen molar-refractivity contribution in [2.45, 2.75) is 45.4 Å². The van der Waals surface area contributed by atoms with Crippen molar-refractivity contribution < 1.29 is 27.5 Å². The number of ketones is 1. The first-order valence-corrected chi connectivity index (χ1v) is 11.3. The van der Waals surface area contributed by atoms with Gasteiger partial charge >= 0.3 is 12.3 Å². The lowest BCUT2D eigenvalue weighted by Gasteiger charge is -2.22. The molecule has 0 aliphatic heterocycles. The van der Waals surface area contributed by atoms with Gasteiger partial charge in [0.05, 0.1) is 10.4 Å². The Morgan fingerprint density at radius 3 is 2.42 bits per heavy atom. The van der Waals surface area contributed by atoms with Crippen LogP contribution in [0.3, 0.4) is 0 Å². The van der Waals surface area contributed by atoms with Gasteiger partial charge < -0.3 is 10.1 Å². The van der Waals surface area contributed by atoms with E-state index < -0.39 is 29.4 Å². The van der Waals surface area contributed by atoms with E-state index in [2.05, 4.69) is 21.2 Å². The molecule has 0 aliphatic rings. The van der Waals surface area contributed by atoms with Crippen molar-refractivity contribution in [3.05, 3.63) is 55.1 Å². The molecule has 0 saturated heterocycles. The monoisotopic (exact) mass is 539 g/mol. The zero-order valence-electron chi connectivity index (χ0n) is 17.1. The van der Waals surface area contributed by atoms with E-state index in [0.717, 1.165) is 17.4 Å². The van der Waals surface area contributed by atoms with Crippen molar-refractivity contribution >= 4 is 50.7 Å². The molecule has 0 aliphatic carbocycles. The molecule has 1 aromatic carbocycles. The summed E-state index contributed by atoms with van der Waals surface area (Å²) in [4.78, 5) is 25.1. The Kier molecular flexibility index (Phi) is 8.58. The van der Waals surface area contributed by atoms with Crippen LogP contribution in [0.2, 0.25) is 4.34 Å². The summed E-state index contributed by atoms with van der Waals surface area (Å²) < 4.78 is 46.4. The third-order valence-corrected chi connectivity index (χ3v) is 6.68. The fourth-order valence-corrected chi connectivity index (χ4v) is 4.54. The number of hydrogen-bond donors (Lipinski definition) is 1. The zero-order chi connectivity index (χ0) is 23.4. The second-order valence-electron chi connectivity index (χ2n) is 7.97. The fraction of sp³-hybridized carbons (Fsp3) is 0.429. The molecule has 1 amide bonds. The van der Waals surface area contributed by atoms with Crippen LogP contribution in [0, 0.1) is 5.92 Å². The summed E-state index contributed by atoms with van der Waals surface area (Å²) in [5.74, 6) is -0.846. The third kappa shape index (κ3) is 8.12. The number of ether oxygens (including phenoxy) is 1. The minimum absolute atomic E-state index is 0.0207. The van der Waals surface area contributed by atoms with Crippen molar-refractivity contribution in [2.24, 2.45) is 5.92 Å². The van der Waals surface area contributed by atoms with E-state index in [0.29, 0.717) is 13.7 Å². The highest BCUT2D eigenvalue weighted by Gasteiger charge is 2.33. The number of carbonyl (C=O) groups excluding carboxylic acids is 2. The van der Waals surface area contributed by atoms with Gasteiger partial charge in [-0.3, -0.25) is 4.79 Å². The third-order valence-electron chi connectivity index (χ3n) is 4.16. The molecule has 2 aromatic rings. The van der Waals surface area contributed by atoms with Crippen LogP contribution in [0.25, 0.3) is 0 Å². The molecular formula is C21H22BrClF3NO3S. The van der Waals surface area contributed by atoms with Gasteiger partial charge in [-0.05, 0) is 66.7 Å². The molecule has 0 radical (unpaired) electrons. The first-order chi connectivity index (χ1) is 14.3. The molecule has 0 spiro atoms. The molecule has 10 heteroatoms. The van der Waals surface area contributed by atoms with E-state index in [-0.39, 0.29) is 30.7 Å². The van der Waals surface area contributed by atoms with E-state index in [1.165, 1.54) is 18.2 Å². The van der Waals surface area contributed by atoms with Crippen LogP contribution in [0.1, 0.15) is 48.0 Å². The number of Topliss-reactive ketones (excluding diaryl/α,β-unsaturated/α-hetero) is 1. The van der Waals surface area contributed by atoms with E-state index in [4.69, 9.17) is 16.3 Å². The number of rotatable bonds is 7. The smallest absolute Gasteiger partial charge is 0.416 e. The van der Waals surface area contributed by atoms with Gasteiger partial charge in [-0.25, -0.2) is 4.79 Å². The molecular weight excluding hydrogens is 519 g/mol. The number of nitrogens with one attached hydrogen (secondary N) is 1. The van der Waals surface area contributed by atoms with Crippen molar-refractivity contribution in [2.75, 3.05) is 6.54 Å². The normalized spacial score (nSPS) is 13.0. The van der Waals surface area contributed by atoms with E-state index >= 15 is 0 Å². The molecule has 1 N–H and O–H groups in total. The van der Waals surface area contributed by atoms with Crippen molar-refractivity contribution in [1.82, 2.24) is 5.32 Å². The Bertz CT molecular complexity index is 921. The van der Waals surface area contributed by atoms with E-state index in [1.54, 1.807) is 26.8 Å². The van der Waals surface area contributed by atoms with Crippen LogP contribution in [0.4, 0.5) is 18.0 Å². The fourth-order valence-electron chi connectivity index (χ4n) is 2.89. The molecule has 0 fully saturated rings. The lowest BCUT2D eigenvalue weighted by atomic mass is 9.91. The molecule has 31 heavy (non-hydrogen) atoms. The minimum Gasteiger partial charge on any atom is -0.444 e. The van der Waals surface area contributed by atoms with Crippen LogP contribution < -0.4 is 5.32 Å². The molecule has 1 heterocycles. The quantitative estimate of drug-likeness (QED) is 0.380. The number of alkyl carbamates (subject to hydrolysis) is 1. The van der Waals surface area contributed by atoms with Crippen molar-refractivity contribution in [3.63, 3.8) is 0 Å². The average Bonchev–Trinajstić information content (AvgIpc) is 2.97. The lowest BCUT2D eigenvalue weighted by Crippen LogP contribution is -2.36. The van der Waals surface area contributed by atoms with Gasteiger partial charge in [-0.15, -0.1) is 11.3 Å². The van der Waals surface area contributed by atoms with Crippen molar-refractivity contribution in [3.8, 4) is 0 Å². The van der Waals surface area contributed by atoms with Gasteiger partial charge in [0.25, 0.3) is 0 Å². The Morgan fingerprint density at radius 1 is 1.23 bits per heavy atom. The summed E-state index contributed by atoms with van der Waals surface area (Å²) in [5, 5.41) is 2.56. The summed E-state index contributed by atoms with van der Waals surface area (Å²) in [6, 6.07) is 6.80. The topological polar surface area (TPSA) is 55.4 Å². The van der Waals surface area contributed by atoms with Gasteiger partial charge in [0.15, 0.2) is 5.78 Å². The van der Waals surface area contributed by atoms with Crippen LogP contribution >= 0.6 is 38.9 Å². The molecule has 170 valence electrons. The maximum Gasteiger partial charge on any atom is 0.416 e. The van der Waals surface area contributed by atoms with Crippen LogP contribution in [0.15, 0.2) is 34.8 Å². The van der Waals surface area contributed by atoms with Crippen LogP contribution in [-0.4, -0.2) is 24.0 Å². The summed E-state index contributed by atoms with van der Waals surface area (Å²) in [6.45, 7) is 5.08. The maximum atomic E-state index is 13.4. The van der Waals surface area contributed by atoms with Gasteiger partial charge in [0.2, 0.25) is 0 Å². The molecule has 2 rings (SSSR count). The summed E-state index contributed by atoms with van der Waals surface area (Å²) >= 11 is 10.3. The number of amides is 1. The van der Waals surface area contributed by atoms with Gasteiger partial charge in [-0.1, -0.05) is 29.8 Å². The SMILES string of the molecule is CC(C)(C)OC(=O)NC[C@@H](CC(=O)c1cc(Br)c(Cl)s1)Cc1ccccc1C(F)(F)F. The van der Waals surface area contributed by atoms with Crippen molar-refractivity contribution in [1.29, 1.82) is 0 Å². The average molecular weight is 541 g/mol. The Hall–Kier alpha value is -1.58. The Balaban J connectivity index is 2.21. The molecule has 1 aromatic heterocycles. The lowest BCUT2D eigenvalue weighted by molar-refractivity contribution is -0.138. The number of benzene rings is 1. The largest absolute Gasteiger partial charge is 0.444 e. The summed E-state index contributed by atoms with van der Waals surface area (Å²) in [5.41, 5.74) is -1.42. The number of alkyl halides is 3. The highest BCUT2D eigenvalue weighted by molar-refractivity contribution is 9.10. The second-order valence-corrected chi connectivity index (χ2v) is 10.5. The molecule has 1 atom stereocenters. The Labute approximate surface area is 196 Å². The van der Waals surface area contributed by atoms with E-state index in [1.807, 2.05) is 0 Å². The molecule has 0 unspecified atom stereocenters. The number of carbonyl (C=O) groups is 2. The highest BCUT2D eigenvalue weighted by Crippen LogP contribution is 2.35. The first kappa shape index (κ1) is 25.7.